The topological polar surface area (TPSA) is 73.0 Å². The highest BCUT2D eigenvalue weighted by Crippen LogP contribution is 2.30. The van der Waals surface area contributed by atoms with Crippen LogP contribution in [0, 0.1) is 17.0 Å². The molecule has 1 aromatic heterocycles. The molecule has 0 aliphatic carbocycles. The van der Waals surface area contributed by atoms with Crippen LogP contribution in [0.2, 0.25) is 0 Å². The molecule has 17 heavy (non-hydrogen) atoms. The van der Waals surface area contributed by atoms with Crippen LogP contribution < -0.4 is 5.32 Å². The quantitative estimate of drug-likeness (QED) is 0.648. The zero-order chi connectivity index (χ0) is 13.2. The minimum absolute atomic E-state index is 0.0772. The van der Waals surface area contributed by atoms with Crippen molar-refractivity contribution in [3.8, 4) is 0 Å². The molecule has 0 fully saturated rings. The summed E-state index contributed by atoms with van der Waals surface area (Å²) in [6.45, 7) is 10.3. The van der Waals surface area contributed by atoms with Gasteiger partial charge in [0, 0.05) is 12.1 Å². The average molecular weight is 240 g/mol. The van der Waals surface area contributed by atoms with Crippen LogP contribution in [0.4, 0.5) is 11.5 Å². The summed E-state index contributed by atoms with van der Waals surface area (Å²) in [5.41, 5.74) is 0.298. The normalized spacial score (nSPS) is 11.6. The molecule has 0 spiro atoms. The predicted molar refractivity (Wildman–Crippen MR) is 67.3 cm³/mol. The van der Waals surface area contributed by atoms with Crippen LogP contribution in [-0.2, 0) is 6.54 Å². The second-order valence-electron chi connectivity index (χ2n) is 5.14. The Kier molecular flexibility index (Phi) is 3.75. The van der Waals surface area contributed by atoms with Crippen molar-refractivity contribution in [3.63, 3.8) is 0 Å². The zero-order valence-electron chi connectivity index (χ0n) is 11.1. The molecule has 0 aliphatic rings. The van der Waals surface area contributed by atoms with Crippen molar-refractivity contribution in [1.82, 2.24) is 9.78 Å². The van der Waals surface area contributed by atoms with E-state index >= 15 is 0 Å². The van der Waals surface area contributed by atoms with Gasteiger partial charge in [-0.05, 0) is 34.1 Å². The Balaban J connectivity index is 3.25. The lowest BCUT2D eigenvalue weighted by atomic mass is 10.1. The highest BCUT2D eigenvalue weighted by Gasteiger charge is 2.27. The maximum absolute atomic E-state index is 11.1. The molecule has 0 amide bonds. The van der Waals surface area contributed by atoms with E-state index in [0.29, 0.717) is 18.1 Å². The number of nitrogens with one attached hydrogen (secondary N) is 1. The number of hydrogen-bond acceptors (Lipinski definition) is 4. The third-order valence-corrected chi connectivity index (χ3v) is 2.21. The third kappa shape index (κ3) is 3.18. The lowest BCUT2D eigenvalue weighted by Crippen LogP contribution is -2.28. The van der Waals surface area contributed by atoms with Crippen LogP contribution >= 0.6 is 0 Å². The number of aromatic nitrogens is 2. The Morgan fingerprint density at radius 3 is 2.47 bits per heavy atom. The average Bonchev–Trinajstić information content (AvgIpc) is 2.40. The van der Waals surface area contributed by atoms with Crippen molar-refractivity contribution in [2.45, 2.75) is 53.1 Å². The molecule has 0 atom stereocenters. The number of rotatable bonds is 4. The van der Waals surface area contributed by atoms with Gasteiger partial charge in [-0.1, -0.05) is 6.92 Å². The van der Waals surface area contributed by atoms with Crippen molar-refractivity contribution in [2.75, 3.05) is 5.32 Å². The van der Waals surface area contributed by atoms with E-state index in [9.17, 15) is 10.1 Å². The van der Waals surface area contributed by atoms with Gasteiger partial charge in [0.2, 0.25) is 5.82 Å². The Morgan fingerprint density at radius 2 is 2.06 bits per heavy atom. The van der Waals surface area contributed by atoms with Crippen LogP contribution in [-0.4, -0.2) is 20.2 Å². The number of nitrogens with zero attached hydrogens (tertiary/aromatic N) is 3. The van der Waals surface area contributed by atoms with E-state index < -0.39 is 0 Å². The van der Waals surface area contributed by atoms with Crippen LogP contribution in [0.15, 0.2) is 0 Å². The summed E-state index contributed by atoms with van der Waals surface area (Å²) in [4.78, 5) is 10.7. The number of aryl methyl sites for hydroxylation is 2. The molecule has 1 N–H and O–H groups in total. The molecule has 1 rings (SSSR count). The monoisotopic (exact) mass is 240 g/mol. The maximum atomic E-state index is 11.1. The van der Waals surface area contributed by atoms with Gasteiger partial charge in [-0.2, -0.15) is 5.10 Å². The fraction of sp³-hybridized carbons (Fsp3) is 0.727. The molecule has 0 saturated heterocycles. The third-order valence-electron chi connectivity index (χ3n) is 2.21. The van der Waals surface area contributed by atoms with Gasteiger partial charge in [-0.15, -0.1) is 0 Å². The zero-order valence-corrected chi connectivity index (χ0v) is 11.1. The predicted octanol–water partition coefficient (Wildman–Crippen LogP) is 2.72. The molecule has 0 aromatic carbocycles. The number of hydrogen-bond donors (Lipinski definition) is 1. The van der Waals surface area contributed by atoms with E-state index in [4.69, 9.17) is 0 Å². The molecule has 1 aromatic rings. The lowest BCUT2D eigenvalue weighted by molar-refractivity contribution is -0.384. The maximum Gasteiger partial charge on any atom is 0.333 e. The minimum Gasteiger partial charge on any atom is -0.360 e. The molecule has 1 heterocycles. The smallest absolute Gasteiger partial charge is 0.333 e. The fourth-order valence-electron chi connectivity index (χ4n) is 1.64. The molecular weight excluding hydrogens is 220 g/mol. The van der Waals surface area contributed by atoms with E-state index in [2.05, 4.69) is 10.4 Å². The van der Waals surface area contributed by atoms with Crippen molar-refractivity contribution < 1.29 is 4.92 Å². The summed E-state index contributed by atoms with van der Waals surface area (Å²) in [5.74, 6) is 0.502. The highest BCUT2D eigenvalue weighted by atomic mass is 16.6. The molecule has 0 radical (unpaired) electrons. The summed E-state index contributed by atoms with van der Waals surface area (Å²) >= 11 is 0. The highest BCUT2D eigenvalue weighted by molar-refractivity contribution is 5.60. The van der Waals surface area contributed by atoms with Gasteiger partial charge in [0.15, 0.2) is 0 Å². The molecule has 0 unspecified atom stereocenters. The van der Waals surface area contributed by atoms with E-state index in [1.165, 1.54) is 0 Å². The summed E-state index contributed by atoms with van der Waals surface area (Å²) in [5, 5.41) is 18.4. The van der Waals surface area contributed by atoms with Crippen molar-refractivity contribution >= 4 is 11.5 Å². The first-order valence-corrected chi connectivity index (χ1v) is 5.76. The van der Waals surface area contributed by atoms with Crippen LogP contribution in [0.25, 0.3) is 0 Å². The molecule has 6 heteroatoms. The molecule has 0 bridgehead atoms. The minimum atomic E-state index is -0.372. The van der Waals surface area contributed by atoms with Gasteiger partial charge in [0.1, 0.15) is 5.69 Å². The number of nitro groups is 1. The van der Waals surface area contributed by atoms with Gasteiger partial charge in [0.25, 0.3) is 0 Å². The summed E-state index contributed by atoms with van der Waals surface area (Å²) in [6, 6.07) is 0. The molecular formula is C11H20N4O2. The Hall–Kier alpha value is -1.59. The first-order chi connectivity index (χ1) is 7.76. The molecule has 0 aliphatic heterocycles. The lowest BCUT2D eigenvalue weighted by Gasteiger charge is -2.21. The first kappa shape index (κ1) is 13.5. The van der Waals surface area contributed by atoms with Crippen molar-refractivity contribution in [2.24, 2.45) is 0 Å². The summed E-state index contributed by atoms with van der Waals surface area (Å²) in [6.07, 6.45) is 0.886. The SMILES string of the molecule is CCCn1nc(C)c([N+](=O)[O-])c1NC(C)(C)C. The van der Waals surface area contributed by atoms with Crippen molar-refractivity contribution in [1.29, 1.82) is 0 Å². The Labute approximate surface area is 101 Å². The van der Waals surface area contributed by atoms with Gasteiger partial charge < -0.3 is 5.32 Å². The van der Waals surface area contributed by atoms with Crippen LogP contribution in [0.5, 0.6) is 0 Å². The Bertz CT molecular complexity index is 418. The van der Waals surface area contributed by atoms with Gasteiger partial charge in [-0.25, -0.2) is 4.68 Å². The number of anilines is 1. The van der Waals surface area contributed by atoms with Gasteiger partial charge in [0.05, 0.1) is 4.92 Å². The van der Waals surface area contributed by atoms with E-state index in [0.717, 1.165) is 6.42 Å². The van der Waals surface area contributed by atoms with E-state index in [1.54, 1.807) is 11.6 Å². The first-order valence-electron chi connectivity index (χ1n) is 5.76. The standard InChI is InChI=1S/C11H20N4O2/c1-6-7-14-10(12-11(3,4)5)9(15(16)17)8(2)13-14/h12H,6-7H2,1-5H3. The second-order valence-corrected chi connectivity index (χ2v) is 5.14. The molecule has 96 valence electrons. The summed E-state index contributed by atoms with van der Waals surface area (Å²) < 4.78 is 1.68. The summed E-state index contributed by atoms with van der Waals surface area (Å²) in [7, 11) is 0. The largest absolute Gasteiger partial charge is 0.360 e. The second kappa shape index (κ2) is 4.73. The van der Waals surface area contributed by atoms with E-state index in [1.807, 2.05) is 27.7 Å². The van der Waals surface area contributed by atoms with Crippen LogP contribution in [0.1, 0.15) is 39.8 Å². The fourth-order valence-corrected chi connectivity index (χ4v) is 1.64. The van der Waals surface area contributed by atoms with Gasteiger partial charge in [-0.3, -0.25) is 10.1 Å². The van der Waals surface area contributed by atoms with Crippen LogP contribution in [0.3, 0.4) is 0 Å². The molecule has 6 nitrogen and oxygen atoms in total. The Morgan fingerprint density at radius 1 is 1.47 bits per heavy atom. The molecule has 0 saturated carbocycles. The van der Waals surface area contributed by atoms with Gasteiger partial charge >= 0.3 is 5.69 Å². The van der Waals surface area contributed by atoms with Crippen molar-refractivity contribution in [3.05, 3.63) is 15.8 Å². The van der Waals surface area contributed by atoms with E-state index in [-0.39, 0.29) is 16.1 Å².